The van der Waals surface area contributed by atoms with Crippen molar-refractivity contribution in [2.75, 3.05) is 11.9 Å². The van der Waals surface area contributed by atoms with E-state index in [0.717, 1.165) is 22.2 Å². The Morgan fingerprint density at radius 3 is 2.93 bits per heavy atom. The van der Waals surface area contributed by atoms with Gasteiger partial charge in [-0.05, 0) is 42.0 Å². The maximum Gasteiger partial charge on any atom is 0.229 e. The topological polar surface area (TPSA) is 64.9 Å². The largest absolute Gasteiger partial charge is 0.371 e. The highest BCUT2D eigenvalue weighted by Gasteiger charge is 2.27. The van der Waals surface area contributed by atoms with Crippen molar-refractivity contribution < 1.29 is 9.13 Å². The van der Waals surface area contributed by atoms with Crippen molar-refractivity contribution in [3.05, 3.63) is 78.0 Å². The van der Waals surface area contributed by atoms with Crippen LogP contribution in [0.2, 0.25) is 0 Å². The van der Waals surface area contributed by atoms with Crippen LogP contribution in [0, 0.1) is 5.82 Å². The van der Waals surface area contributed by atoms with Crippen LogP contribution in [0.25, 0.3) is 10.9 Å². The molecule has 5 rings (SSSR count). The van der Waals surface area contributed by atoms with E-state index in [-0.39, 0.29) is 11.9 Å². The minimum absolute atomic E-state index is 0.199. The zero-order valence-corrected chi connectivity index (χ0v) is 14.3. The van der Waals surface area contributed by atoms with E-state index in [9.17, 15) is 4.39 Å². The standard InChI is InChI=1S/C20H16FN5O/c21-14-5-1-4-13(10-14)18-11-27-12-19-24-25-20(26(18)19)23-17-8-2-7-16-15(17)6-3-9-22-16/h1-10,18H,11-12H2,(H,23,25). The number of nitrogens with zero attached hydrogens (tertiary/aromatic N) is 4. The monoisotopic (exact) mass is 361 g/mol. The Balaban J connectivity index is 1.58. The lowest BCUT2D eigenvalue weighted by atomic mass is 10.1. The number of aromatic nitrogens is 4. The average Bonchev–Trinajstić information content (AvgIpc) is 3.11. The van der Waals surface area contributed by atoms with E-state index in [1.54, 1.807) is 12.3 Å². The van der Waals surface area contributed by atoms with Gasteiger partial charge in [0.25, 0.3) is 0 Å². The van der Waals surface area contributed by atoms with Crippen LogP contribution in [0.1, 0.15) is 17.4 Å². The van der Waals surface area contributed by atoms with E-state index in [1.165, 1.54) is 12.1 Å². The highest BCUT2D eigenvalue weighted by Crippen LogP contribution is 2.31. The van der Waals surface area contributed by atoms with Crippen molar-refractivity contribution in [1.82, 2.24) is 19.7 Å². The fraction of sp³-hybridized carbons (Fsp3) is 0.150. The number of anilines is 2. The predicted octanol–water partition coefficient (Wildman–Crippen LogP) is 3.83. The van der Waals surface area contributed by atoms with Crippen LogP contribution < -0.4 is 5.32 Å². The summed E-state index contributed by atoms with van der Waals surface area (Å²) in [6.07, 6.45) is 1.77. The number of benzene rings is 2. The molecule has 0 saturated heterocycles. The normalized spacial score (nSPS) is 16.3. The molecule has 0 saturated carbocycles. The molecule has 1 aliphatic heterocycles. The van der Waals surface area contributed by atoms with Crippen molar-refractivity contribution in [3.63, 3.8) is 0 Å². The first-order valence-corrected chi connectivity index (χ1v) is 8.67. The van der Waals surface area contributed by atoms with Crippen molar-refractivity contribution in [2.45, 2.75) is 12.6 Å². The van der Waals surface area contributed by atoms with Crippen LogP contribution in [0.15, 0.2) is 60.8 Å². The van der Waals surface area contributed by atoms with Gasteiger partial charge in [0.2, 0.25) is 5.95 Å². The Bertz CT molecular complexity index is 1120. The Morgan fingerprint density at radius 2 is 2.00 bits per heavy atom. The zero-order chi connectivity index (χ0) is 18.2. The van der Waals surface area contributed by atoms with Gasteiger partial charge in [0.15, 0.2) is 5.82 Å². The minimum Gasteiger partial charge on any atom is -0.371 e. The van der Waals surface area contributed by atoms with Crippen molar-refractivity contribution >= 4 is 22.5 Å². The molecule has 0 amide bonds. The molecule has 1 unspecified atom stereocenters. The Labute approximate surface area is 154 Å². The number of rotatable bonds is 3. The van der Waals surface area contributed by atoms with Gasteiger partial charge in [-0.2, -0.15) is 0 Å². The number of halogens is 1. The van der Waals surface area contributed by atoms with Crippen molar-refractivity contribution in [1.29, 1.82) is 0 Å². The minimum atomic E-state index is -0.276. The Kier molecular flexibility index (Phi) is 3.79. The van der Waals surface area contributed by atoms with Gasteiger partial charge in [-0.25, -0.2) is 4.39 Å². The second kappa shape index (κ2) is 6.44. The van der Waals surface area contributed by atoms with Gasteiger partial charge in [0.1, 0.15) is 12.4 Å². The van der Waals surface area contributed by atoms with Crippen LogP contribution in [0.4, 0.5) is 16.0 Å². The number of hydrogen-bond acceptors (Lipinski definition) is 5. The van der Waals surface area contributed by atoms with Gasteiger partial charge >= 0.3 is 0 Å². The molecule has 7 heteroatoms. The molecule has 1 N–H and O–H groups in total. The molecule has 0 radical (unpaired) electrons. The predicted molar refractivity (Wildman–Crippen MR) is 99.2 cm³/mol. The Hall–Kier alpha value is -3.32. The fourth-order valence-corrected chi connectivity index (χ4v) is 3.46. The molecule has 2 aromatic carbocycles. The lowest BCUT2D eigenvalue weighted by Gasteiger charge is -2.26. The van der Waals surface area contributed by atoms with E-state index in [4.69, 9.17) is 4.74 Å². The maximum absolute atomic E-state index is 13.7. The van der Waals surface area contributed by atoms with Gasteiger partial charge in [0.05, 0.1) is 23.9 Å². The highest BCUT2D eigenvalue weighted by molar-refractivity contribution is 5.92. The van der Waals surface area contributed by atoms with Crippen LogP contribution in [0.5, 0.6) is 0 Å². The second-order valence-electron chi connectivity index (χ2n) is 6.40. The highest BCUT2D eigenvalue weighted by atomic mass is 19.1. The summed E-state index contributed by atoms with van der Waals surface area (Å²) in [5.74, 6) is 1.03. The molecule has 6 nitrogen and oxygen atoms in total. The third-order valence-corrected chi connectivity index (χ3v) is 4.71. The van der Waals surface area contributed by atoms with Crippen LogP contribution in [-0.4, -0.2) is 26.4 Å². The van der Waals surface area contributed by atoms with Crippen molar-refractivity contribution in [3.8, 4) is 0 Å². The first kappa shape index (κ1) is 15.9. The molecule has 1 atom stereocenters. The molecule has 0 aliphatic carbocycles. The molecule has 2 aromatic heterocycles. The molecule has 134 valence electrons. The molecule has 3 heterocycles. The molecular weight excluding hydrogens is 345 g/mol. The summed E-state index contributed by atoms with van der Waals surface area (Å²) in [5.41, 5.74) is 2.60. The quantitative estimate of drug-likeness (QED) is 0.601. The number of fused-ring (bicyclic) bond motifs is 2. The molecule has 0 fully saturated rings. The summed E-state index contributed by atoms with van der Waals surface area (Å²) in [6.45, 7) is 0.803. The van der Waals surface area contributed by atoms with E-state index in [1.807, 2.05) is 41.0 Å². The number of ether oxygens (including phenoxy) is 1. The molecular formula is C20H16FN5O. The first-order valence-electron chi connectivity index (χ1n) is 8.67. The van der Waals surface area contributed by atoms with Gasteiger partial charge in [0, 0.05) is 11.6 Å². The third kappa shape index (κ3) is 2.82. The smallest absolute Gasteiger partial charge is 0.229 e. The van der Waals surface area contributed by atoms with Crippen LogP contribution >= 0.6 is 0 Å². The van der Waals surface area contributed by atoms with Crippen LogP contribution in [0.3, 0.4) is 0 Å². The summed E-state index contributed by atoms with van der Waals surface area (Å²) < 4.78 is 21.4. The van der Waals surface area contributed by atoms with Gasteiger partial charge in [-0.1, -0.05) is 18.2 Å². The molecule has 0 spiro atoms. The average molecular weight is 361 g/mol. The van der Waals surface area contributed by atoms with E-state index >= 15 is 0 Å². The van der Waals surface area contributed by atoms with Gasteiger partial charge < -0.3 is 10.1 Å². The molecule has 4 aromatic rings. The number of nitrogens with one attached hydrogen (secondary N) is 1. The van der Waals surface area contributed by atoms with Gasteiger partial charge in [-0.3, -0.25) is 9.55 Å². The summed E-state index contributed by atoms with van der Waals surface area (Å²) in [5, 5.41) is 12.9. The number of hydrogen-bond donors (Lipinski definition) is 1. The van der Waals surface area contributed by atoms with E-state index in [0.29, 0.717) is 25.0 Å². The first-order chi connectivity index (χ1) is 13.3. The van der Waals surface area contributed by atoms with E-state index in [2.05, 4.69) is 20.5 Å². The second-order valence-corrected chi connectivity index (χ2v) is 6.40. The van der Waals surface area contributed by atoms with E-state index < -0.39 is 0 Å². The lowest BCUT2D eigenvalue weighted by molar-refractivity contribution is 0.0669. The maximum atomic E-state index is 13.7. The van der Waals surface area contributed by atoms with Crippen molar-refractivity contribution in [2.24, 2.45) is 0 Å². The number of pyridine rings is 1. The summed E-state index contributed by atoms with van der Waals surface area (Å²) in [7, 11) is 0. The lowest BCUT2D eigenvalue weighted by Crippen LogP contribution is -2.25. The SMILES string of the molecule is Fc1cccc(C2COCc3nnc(Nc4cccc5ncccc45)n32)c1. The summed E-state index contributed by atoms with van der Waals surface area (Å²) in [4.78, 5) is 4.39. The molecule has 1 aliphatic rings. The molecule has 0 bridgehead atoms. The summed E-state index contributed by atoms with van der Waals surface area (Å²) in [6, 6.07) is 16.1. The zero-order valence-electron chi connectivity index (χ0n) is 14.3. The third-order valence-electron chi connectivity index (χ3n) is 4.71. The Morgan fingerprint density at radius 1 is 1.07 bits per heavy atom. The molecule has 27 heavy (non-hydrogen) atoms. The fourth-order valence-electron chi connectivity index (χ4n) is 3.46. The van der Waals surface area contributed by atoms with Crippen LogP contribution in [-0.2, 0) is 11.3 Å². The van der Waals surface area contributed by atoms with Gasteiger partial charge in [-0.15, -0.1) is 10.2 Å². The summed E-state index contributed by atoms with van der Waals surface area (Å²) >= 11 is 0.